The summed E-state index contributed by atoms with van der Waals surface area (Å²) >= 11 is 0. The van der Waals surface area contributed by atoms with Crippen LogP contribution in [0.5, 0.6) is 0 Å². The van der Waals surface area contributed by atoms with Crippen LogP contribution in [0.4, 0.5) is 0 Å². The molecule has 2 nitrogen and oxygen atoms in total. The SMILES string of the molecule is CC1(C)C2CCC1(C)C(NCc1ccco1)C2. The summed E-state index contributed by atoms with van der Waals surface area (Å²) in [5, 5.41) is 3.72. The van der Waals surface area contributed by atoms with Gasteiger partial charge in [-0.05, 0) is 48.1 Å². The zero-order valence-corrected chi connectivity index (χ0v) is 11.1. The molecule has 2 bridgehead atoms. The van der Waals surface area contributed by atoms with Crippen molar-refractivity contribution in [2.75, 3.05) is 0 Å². The van der Waals surface area contributed by atoms with E-state index in [0.29, 0.717) is 16.9 Å². The zero-order chi connectivity index (χ0) is 12.1. The molecule has 3 unspecified atom stereocenters. The molecule has 94 valence electrons. The molecular formula is C15H23NO. The molecule has 1 aromatic rings. The molecule has 0 aromatic carbocycles. The summed E-state index contributed by atoms with van der Waals surface area (Å²) in [6.07, 6.45) is 5.89. The number of hydrogen-bond acceptors (Lipinski definition) is 2. The predicted molar refractivity (Wildman–Crippen MR) is 68.6 cm³/mol. The normalized spacial score (nSPS) is 38.8. The molecule has 1 heterocycles. The Bertz CT molecular complexity index is 395. The maximum atomic E-state index is 5.40. The van der Waals surface area contributed by atoms with Crippen molar-refractivity contribution in [1.29, 1.82) is 0 Å². The van der Waals surface area contributed by atoms with E-state index in [-0.39, 0.29) is 0 Å². The first-order valence-corrected chi connectivity index (χ1v) is 6.80. The maximum Gasteiger partial charge on any atom is 0.117 e. The van der Waals surface area contributed by atoms with Crippen LogP contribution in [0.15, 0.2) is 22.8 Å². The Morgan fingerprint density at radius 1 is 1.41 bits per heavy atom. The molecule has 2 heteroatoms. The van der Waals surface area contributed by atoms with Gasteiger partial charge in [0.1, 0.15) is 5.76 Å². The fourth-order valence-electron chi connectivity index (χ4n) is 4.15. The van der Waals surface area contributed by atoms with Crippen LogP contribution in [0.2, 0.25) is 0 Å². The highest BCUT2D eigenvalue weighted by molar-refractivity contribution is 5.13. The van der Waals surface area contributed by atoms with Gasteiger partial charge in [0.15, 0.2) is 0 Å². The second-order valence-electron chi connectivity index (χ2n) is 6.62. The molecular weight excluding hydrogens is 210 g/mol. The minimum Gasteiger partial charge on any atom is -0.468 e. The third kappa shape index (κ3) is 1.50. The standard InChI is InChI=1S/C15H23NO/c1-14(2)11-6-7-15(14,3)13(9-11)16-10-12-5-4-8-17-12/h4-5,8,11,13,16H,6-7,9-10H2,1-3H3. The fourth-order valence-corrected chi connectivity index (χ4v) is 4.15. The molecule has 0 amide bonds. The van der Waals surface area contributed by atoms with Gasteiger partial charge >= 0.3 is 0 Å². The van der Waals surface area contributed by atoms with Crippen LogP contribution in [-0.4, -0.2) is 6.04 Å². The quantitative estimate of drug-likeness (QED) is 0.863. The molecule has 2 saturated carbocycles. The first kappa shape index (κ1) is 11.3. The summed E-state index contributed by atoms with van der Waals surface area (Å²) in [5.74, 6) is 1.95. The van der Waals surface area contributed by atoms with Crippen LogP contribution in [-0.2, 0) is 6.54 Å². The molecule has 2 fully saturated rings. The van der Waals surface area contributed by atoms with E-state index in [1.807, 2.05) is 12.1 Å². The minimum absolute atomic E-state index is 0.463. The molecule has 2 aliphatic rings. The van der Waals surface area contributed by atoms with Gasteiger partial charge < -0.3 is 9.73 Å². The van der Waals surface area contributed by atoms with E-state index in [2.05, 4.69) is 26.1 Å². The predicted octanol–water partition coefficient (Wildman–Crippen LogP) is 3.58. The van der Waals surface area contributed by atoms with Crippen molar-refractivity contribution >= 4 is 0 Å². The number of furan rings is 1. The van der Waals surface area contributed by atoms with E-state index in [9.17, 15) is 0 Å². The van der Waals surface area contributed by atoms with Gasteiger partial charge in [-0.2, -0.15) is 0 Å². The average molecular weight is 233 g/mol. The van der Waals surface area contributed by atoms with Gasteiger partial charge in [-0.1, -0.05) is 20.8 Å². The van der Waals surface area contributed by atoms with Crippen molar-refractivity contribution in [3.63, 3.8) is 0 Å². The van der Waals surface area contributed by atoms with Crippen molar-refractivity contribution in [2.45, 2.75) is 52.6 Å². The Balaban J connectivity index is 1.70. The third-order valence-electron chi connectivity index (χ3n) is 5.90. The Morgan fingerprint density at radius 2 is 2.24 bits per heavy atom. The molecule has 0 radical (unpaired) electrons. The van der Waals surface area contributed by atoms with Crippen molar-refractivity contribution in [3.8, 4) is 0 Å². The van der Waals surface area contributed by atoms with E-state index in [0.717, 1.165) is 18.2 Å². The summed E-state index contributed by atoms with van der Waals surface area (Å²) in [6.45, 7) is 8.26. The Labute approximate surface area is 104 Å². The summed E-state index contributed by atoms with van der Waals surface area (Å²) < 4.78 is 5.40. The van der Waals surface area contributed by atoms with Gasteiger partial charge in [0.2, 0.25) is 0 Å². The van der Waals surface area contributed by atoms with E-state index in [4.69, 9.17) is 4.42 Å². The molecule has 2 aliphatic carbocycles. The third-order valence-corrected chi connectivity index (χ3v) is 5.90. The molecule has 1 N–H and O–H groups in total. The van der Waals surface area contributed by atoms with E-state index >= 15 is 0 Å². The average Bonchev–Trinajstić information content (AvgIpc) is 2.91. The molecule has 3 rings (SSSR count). The molecule has 3 atom stereocenters. The lowest BCUT2D eigenvalue weighted by Crippen LogP contribution is -2.44. The second kappa shape index (κ2) is 3.61. The smallest absolute Gasteiger partial charge is 0.117 e. The molecule has 1 aromatic heterocycles. The Kier molecular flexibility index (Phi) is 2.41. The van der Waals surface area contributed by atoms with Gasteiger partial charge in [0.05, 0.1) is 12.8 Å². The lowest BCUT2D eigenvalue weighted by atomic mass is 9.69. The van der Waals surface area contributed by atoms with Crippen molar-refractivity contribution in [2.24, 2.45) is 16.7 Å². The highest BCUT2D eigenvalue weighted by Crippen LogP contribution is 2.65. The van der Waals surface area contributed by atoms with Gasteiger partial charge in [-0.15, -0.1) is 0 Å². The van der Waals surface area contributed by atoms with Crippen LogP contribution in [0.3, 0.4) is 0 Å². The van der Waals surface area contributed by atoms with Crippen LogP contribution in [0.1, 0.15) is 45.8 Å². The number of rotatable bonds is 3. The van der Waals surface area contributed by atoms with Gasteiger partial charge in [0, 0.05) is 6.04 Å². The number of nitrogens with one attached hydrogen (secondary N) is 1. The number of hydrogen-bond donors (Lipinski definition) is 1. The van der Waals surface area contributed by atoms with Crippen molar-refractivity contribution in [3.05, 3.63) is 24.2 Å². The van der Waals surface area contributed by atoms with Gasteiger partial charge in [-0.25, -0.2) is 0 Å². The highest BCUT2D eigenvalue weighted by Gasteiger charge is 2.60. The van der Waals surface area contributed by atoms with Crippen LogP contribution in [0, 0.1) is 16.7 Å². The van der Waals surface area contributed by atoms with Gasteiger partial charge in [0.25, 0.3) is 0 Å². The van der Waals surface area contributed by atoms with E-state index in [1.165, 1.54) is 19.3 Å². The monoisotopic (exact) mass is 233 g/mol. The second-order valence-corrected chi connectivity index (χ2v) is 6.62. The first-order valence-electron chi connectivity index (χ1n) is 6.80. The van der Waals surface area contributed by atoms with Crippen LogP contribution < -0.4 is 5.32 Å². The summed E-state index contributed by atoms with van der Waals surface area (Å²) in [7, 11) is 0. The Hall–Kier alpha value is -0.760. The zero-order valence-electron chi connectivity index (χ0n) is 11.1. The molecule has 0 saturated heterocycles. The summed E-state index contributed by atoms with van der Waals surface area (Å²) in [6, 6.07) is 4.67. The first-order chi connectivity index (χ1) is 8.04. The number of fused-ring (bicyclic) bond motifs is 2. The minimum atomic E-state index is 0.463. The largest absolute Gasteiger partial charge is 0.468 e. The van der Waals surface area contributed by atoms with Gasteiger partial charge in [-0.3, -0.25) is 0 Å². The van der Waals surface area contributed by atoms with E-state index < -0.39 is 0 Å². The summed E-state index contributed by atoms with van der Waals surface area (Å²) in [5.41, 5.74) is 0.956. The molecule has 0 spiro atoms. The lowest BCUT2D eigenvalue weighted by molar-refractivity contribution is 0.119. The molecule has 17 heavy (non-hydrogen) atoms. The van der Waals surface area contributed by atoms with Crippen LogP contribution in [0.25, 0.3) is 0 Å². The lowest BCUT2D eigenvalue weighted by Gasteiger charge is -2.39. The van der Waals surface area contributed by atoms with Crippen molar-refractivity contribution < 1.29 is 4.42 Å². The Morgan fingerprint density at radius 3 is 2.76 bits per heavy atom. The van der Waals surface area contributed by atoms with Crippen molar-refractivity contribution in [1.82, 2.24) is 5.32 Å². The fraction of sp³-hybridized carbons (Fsp3) is 0.733. The maximum absolute atomic E-state index is 5.40. The molecule has 0 aliphatic heterocycles. The topological polar surface area (TPSA) is 25.2 Å². The van der Waals surface area contributed by atoms with Crippen LogP contribution >= 0.6 is 0 Å². The van der Waals surface area contributed by atoms with E-state index in [1.54, 1.807) is 6.26 Å². The summed E-state index contributed by atoms with van der Waals surface area (Å²) in [4.78, 5) is 0. The highest BCUT2D eigenvalue weighted by atomic mass is 16.3.